The summed E-state index contributed by atoms with van der Waals surface area (Å²) in [5.74, 6) is -1.99. The van der Waals surface area contributed by atoms with E-state index in [0.29, 0.717) is 25.8 Å². The molecule has 1 saturated heterocycles. The molecule has 1 aromatic rings. The second kappa shape index (κ2) is 14.7. The molecule has 1 aliphatic rings. The first-order valence-corrected chi connectivity index (χ1v) is 12.9. The number of allylic oxidation sites excluding steroid dienone is 1. The molecule has 37 heavy (non-hydrogen) atoms. The summed E-state index contributed by atoms with van der Waals surface area (Å²) in [5.41, 5.74) is 0.945. The first-order chi connectivity index (χ1) is 17.5. The maximum Gasteiger partial charge on any atom is 0.303 e. The van der Waals surface area contributed by atoms with Gasteiger partial charge in [-0.2, -0.15) is 0 Å². The Kier molecular flexibility index (Phi) is 12.0. The minimum Gasteiger partial charge on any atom is -0.508 e. The largest absolute Gasteiger partial charge is 0.508 e. The van der Waals surface area contributed by atoms with Crippen LogP contribution in [0.25, 0.3) is 0 Å². The molecule has 10 heteroatoms. The Balaban J connectivity index is 2.30. The summed E-state index contributed by atoms with van der Waals surface area (Å²) in [5, 5.41) is 41.7. The number of benzene rings is 1. The van der Waals surface area contributed by atoms with Crippen LogP contribution in [0.4, 0.5) is 0 Å². The lowest BCUT2D eigenvalue weighted by molar-refractivity contribution is -0.137. The first-order valence-electron chi connectivity index (χ1n) is 12.9. The molecule has 0 spiro atoms. The van der Waals surface area contributed by atoms with Gasteiger partial charge in [0.05, 0.1) is 12.0 Å². The van der Waals surface area contributed by atoms with Crippen LogP contribution in [0.3, 0.4) is 0 Å². The molecule has 1 aromatic carbocycles. The van der Waals surface area contributed by atoms with Gasteiger partial charge >= 0.3 is 5.97 Å². The quantitative estimate of drug-likeness (QED) is 0.253. The third-order valence-electron chi connectivity index (χ3n) is 6.64. The number of phenols is 1. The number of amides is 2. The summed E-state index contributed by atoms with van der Waals surface area (Å²) in [4.78, 5) is 37.0. The predicted molar refractivity (Wildman–Crippen MR) is 141 cm³/mol. The molecule has 6 atom stereocenters. The van der Waals surface area contributed by atoms with Crippen LogP contribution in [0.15, 0.2) is 36.4 Å². The van der Waals surface area contributed by atoms with Gasteiger partial charge < -0.3 is 31.3 Å². The molecule has 1 fully saturated rings. The van der Waals surface area contributed by atoms with Crippen molar-refractivity contribution in [1.82, 2.24) is 21.3 Å². The monoisotopic (exact) mass is 518 g/mol. The molecule has 0 saturated carbocycles. The number of nitrogens with one attached hydrogen (secondary N) is 4. The van der Waals surface area contributed by atoms with Crippen LogP contribution >= 0.6 is 0 Å². The molecule has 0 bridgehead atoms. The van der Waals surface area contributed by atoms with E-state index in [-0.39, 0.29) is 42.0 Å². The molecule has 7 N–H and O–H groups in total. The molecule has 1 aliphatic heterocycles. The maximum atomic E-state index is 13.2. The Bertz CT molecular complexity index is 920. The predicted octanol–water partition coefficient (Wildman–Crippen LogP) is 1.28. The number of carboxylic acid groups (broad SMARTS) is 1. The van der Waals surface area contributed by atoms with Gasteiger partial charge in [0.15, 0.2) is 0 Å². The fourth-order valence-electron chi connectivity index (χ4n) is 4.21. The number of carbonyl (C=O) groups is 3. The van der Waals surface area contributed by atoms with Crippen LogP contribution in [0.2, 0.25) is 0 Å². The van der Waals surface area contributed by atoms with E-state index in [1.165, 1.54) is 0 Å². The van der Waals surface area contributed by atoms with Gasteiger partial charge in [-0.05, 0) is 49.8 Å². The van der Waals surface area contributed by atoms with Crippen molar-refractivity contribution >= 4 is 17.8 Å². The van der Waals surface area contributed by atoms with Gasteiger partial charge in [0.1, 0.15) is 18.0 Å². The van der Waals surface area contributed by atoms with Gasteiger partial charge in [0.25, 0.3) is 0 Å². The third-order valence-corrected chi connectivity index (χ3v) is 6.64. The van der Waals surface area contributed by atoms with Crippen LogP contribution in [-0.4, -0.2) is 70.0 Å². The number of hydrogen-bond donors (Lipinski definition) is 7. The highest BCUT2D eigenvalue weighted by Crippen LogP contribution is 2.15. The SMILES string of the molecule is CC(C)[C@H]1NC(=O)[C@@H](C)[C@@H](C/C=C\CCC(=O)O)NC[C@@H](Cc2ccc(O)cc2)NC(O)[C@@H](C)NC1=O. The number of aliphatic hydroxyl groups excluding tert-OH is 1. The molecular weight excluding hydrogens is 476 g/mol. The summed E-state index contributed by atoms with van der Waals surface area (Å²) >= 11 is 0. The molecule has 0 aromatic heterocycles. The lowest BCUT2D eigenvalue weighted by atomic mass is 9.95. The number of aromatic hydroxyl groups is 1. The second-order valence-corrected chi connectivity index (χ2v) is 10.1. The number of phenolic OH excluding ortho intramolecular Hbond substituents is 1. The highest BCUT2D eigenvalue weighted by molar-refractivity contribution is 5.89. The van der Waals surface area contributed by atoms with Crippen molar-refractivity contribution in [2.45, 2.75) is 83.8 Å². The summed E-state index contributed by atoms with van der Waals surface area (Å²) in [6, 6.07) is 4.90. The smallest absolute Gasteiger partial charge is 0.303 e. The third kappa shape index (κ3) is 10.1. The Morgan fingerprint density at radius 1 is 1.08 bits per heavy atom. The van der Waals surface area contributed by atoms with Crippen molar-refractivity contribution in [2.75, 3.05) is 6.54 Å². The van der Waals surface area contributed by atoms with Crippen LogP contribution in [0, 0.1) is 11.8 Å². The minimum absolute atomic E-state index is 0.0323. The normalized spacial score (nSPS) is 28.2. The van der Waals surface area contributed by atoms with E-state index in [4.69, 9.17) is 5.11 Å². The molecule has 206 valence electrons. The zero-order valence-electron chi connectivity index (χ0n) is 22.1. The maximum absolute atomic E-state index is 13.2. The van der Waals surface area contributed by atoms with E-state index in [9.17, 15) is 24.6 Å². The molecule has 0 radical (unpaired) electrons. The Hall–Kier alpha value is -2.95. The summed E-state index contributed by atoms with van der Waals surface area (Å²) in [6.07, 6.45) is 4.07. The second-order valence-electron chi connectivity index (χ2n) is 10.1. The van der Waals surface area contributed by atoms with Gasteiger partial charge in [-0.25, -0.2) is 0 Å². The average Bonchev–Trinajstić information content (AvgIpc) is 2.83. The van der Waals surface area contributed by atoms with Crippen molar-refractivity contribution in [3.63, 3.8) is 0 Å². The van der Waals surface area contributed by atoms with E-state index in [2.05, 4.69) is 21.3 Å². The van der Waals surface area contributed by atoms with Gasteiger partial charge in [-0.15, -0.1) is 0 Å². The van der Waals surface area contributed by atoms with Crippen LogP contribution in [0.5, 0.6) is 5.75 Å². The average molecular weight is 519 g/mol. The molecule has 10 nitrogen and oxygen atoms in total. The molecule has 0 aliphatic carbocycles. The van der Waals surface area contributed by atoms with Gasteiger partial charge in [0.2, 0.25) is 11.8 Å². The Labute approximate surface area is 218 Å². The zero-order valence-corrected chi connectivity index (χ0v) is 22.1. The fraction of sp³-hybridized carbons (Fsp3) is 0.593. The molecule has 1 unspecified atom stereocenters. The molecule has 1 heterocycles. The van der Waals surface area contributed by atoms with E-state index in [1.54, 1.807) is 32.1 Å². The number of rotatable bonds is 8. The van der Waals surface area contributed by atoms with Gasteiger partial charge in [0, 0.05) is 25.0 Å². The number of carbonyl (C=O) groups excluding carboxylic acids is 2. The van der Waals surface area contributed by atoms with Gasteiger partial charge in [-0.3, -0.25) is 19.7 Å². The van der Waals surface area contributed by atoms with Crippen LogP contribution < -0.4 is 21.3 Å². The van der Waals surface area contributed by atoms with Crippen LogP contribution in [0.1, 0.15) is 52.5 Å². The summed E-state index contributed by atoms with van der Waals surface area (Å²) in [7, 11) is 0. The van der Waals surface area contributed by atoms with E-state index in [1.807, 2.05) is 32.1 Å². The lowest BCUT2D eigenvalue weighted by Gasteiger charge is -2.29. The number of aliphatic hydroxyl groups is 1. The number of hydrogen-bond acceptors (Lipinski definition) is 7. The number of aliphatic carboxylic acids is 1. The standard InChI is InChI=1S/C27H42N4O6/c1-16(2)24-27(37)29-18(4)26(36)30-20(14-19-10-12-21(32)13-11-19)15-28-22(17(3)25(35)31-24)8-6-5-7-9-23(33)34/h5-6,10-13,16-18,20,22,24,26,28,30,32,36H,7-9,14-15H2,1-4H3,(H,29,37)(H,31,35)(H,33,34)/b6-5-/t17-,18+,20+,22+,24+,26?/m0/s1. The van der Waals surface area contributed by atoms with E-state index in [0.717, 1.165) is 5.56 Å². The van der Waals surface area contributed by atoms with Crippen LogP contribution in [-0.2, 0) is 20.8 Å². The Morgan fingerprint density at radius 2 is 1.76 bits per heavy atom. The lowest BCUT2D eigenvalue weighted by Crippen LogP contribution is -2.57. The molecule has 2 rings (SSSR count). The zero-order chi connectivity index (χ0) is 27.5. The minimum atomic E-state index is -1.04. The van der Waals surface area contributed by atoms with Gasteiger partial charge in [-0.1, -0.05) is 45.1 Å². The van der Waals surface area contributed by atoms with Crippen molar-refractivity contribution in [1.29, 1.82) is 0 Å². The highest BCUT2D eigenvalue weighted by Gasteiger charge is 2.32. The summed E-state index contributed by atoms with van der Waals surface area (Å²) < 4.78 is 0. The van der Waals surface area contributed by atoms with Crippen molar-refractivity contribution in [3.8, 4) is 5.75 Å². The fourth-order valence-corrected chi connectivity index (χ4v) is 4.21. The first kappa shape index (κ1) is 30.3. The highest BCUT2D eigenvalue weighted by atomic mass is 16.4. The molecular formula is C27H42N4O6. The van der Waals surface area contributed by atoms with Crippen molar-refractivity contribution in [2.24, 2.45) is 11.8 Å². The van der Waals surface area contributed by atoms with Crippen molar-refractivity contribution in [3.05, 3.63) is 42.0 Å². The van der Waals surface area contributed by atoms with E-state index < -0.39 is 30.2 Å². The Morgan fingerprint density at radius 3 is 2.38 bits per heavy atom. The van der Waals surface area contributed by atoms with Crippen molar-refractivity contribution < 1.29 is 29.7 Å². The number of carboxylic acids is 1. The topological polar surface area (TPSA) is 160 Å². The summed E-state index contributed by atoms with van der Waals surface area (Å²) in [6.45, 7) is 7.61. The molecule has 2 amide bonds. The van der Waals surface area contributed by atoms with E-state index >= 15 is 0 Å².